The molecule has 1 atom stereocenters. The van der Waals surface area contributed by atoms with E-state index < -0.39 is 0 Å². The molecule has 152 valence electrons. The van der Waals surface area contributed by atoms with Crippen molar-refractivity contribution >= 4 is 0 Å². The molecule has 0 spiro atoms. The highest BCUT2D eigenvalue weighted by atomic mass is 16.5. The summed E-state index contributed by atoms with van der Waals surface area (Å²) in [5.74, 6) is 1.24. The number of fused-ring (bicyclic) bond motifs is 1. The summed E-state index contributed by atoms with van der Waals surface area (Å²) in [7, 11) is 1.64. The molecule has 0 fully saturated rings. The van der Waals surface area contributed by atoms with Gasteiger partial charge < -0.3 is 29.9 Å². The zero-order chi connectivity index (χ0) is 20.1. The van der Waals surface area contributed by atoms with E-state index in [1.165, 1.54) is 0 Å². The summed E-state index contributed by atoms with van der Waals surface area (Å²) in [5.41, 5.74) is 3.04. The van der Waals surface area contributed by atoms with Crippen molar-refractivity contribution in [1.82, 2.24) is 10.2 Å². The molecule has 0 amide bonds. The first-order chi connectivity index (χ1) is 13.6. The summed E-state index contributed by atoms with van der Waals surface area (Å²) < 4.78 is 11.5. The van der Waals surface area contributed by atoms with E-state index in [0.29, 0.717) is 12.4 Å². The molecule has 0 saturated heterocycles. The first-order valence-corrected chi connectivity index (χ1v) is 9.88. The van der Waals surface area contributed by atoms with E-state index in [1.54, 1.807) is 19.2 Å². The van der Waals surface area contributed by atoms with Crippen molar-refractivity contribution in [3.63, 3.8) is 0 Å². The average Bonchev–Trinajstić information content (AvgIpc) is 2.72. The molecule has 1 aliphatic heterocycles. The highest BCUT2D eigenvalue weighted by Gasteiger charge is 2.24. The minimum absolute atomic E-state index is 0.0751. The van der Waals surface area contributed by atoms with Crippen LogP contribution < -0.4 is 14.8 Å². The highest BCUT2D eigenvalue weighted by Crippen LogP contribution is 2.38. The number of likely N-dealkylation sites (N-methyl/N-ethyl adjacent to an activating group) is 1. The molecule has 2 aromatic carbocycles. The summed E-state index contributed by atoms with van der Waals surface area (Å²) in [5, 5.41) is 23.2. The largest absolute Gasteiger partial charge is 0.504 e. The average molecular weight is 386 g/mol. The number of hydrogen-bond donors (Lipinski definition) is 3. The molecule has 0 bridgehead atoms. The van der Waals surface area contributed by atoms with Crippen LogP contribution in [0.3, 0.4) is 0 Å². The zero-order valence-electron chi connectivity index (χ0n) is 16.9. The third kappa shape index (κ3) is 4.34. The van der Waals surface area contributed by atoms with Crippen LogP contribution in [0, 0.1) is 0 Å². The van der Waals surface area contributed by atoms with E-state index in [0.717, 1.165) is 55.0 Å². The molecule has 6 nitrogen and oxygen atoms in total. The van der Waals surface area contributed by atoms with Crippen LogP contribution in [0.25, 0.3) is 0 Å². The number of nitrogens with one attached hydrogen (secondary N) is 1. The van der Waals surface area contributed by atoms with Gasteiger partial charge in [0.05, 0.1) is 13.2 Å². The van der Waals surface area contributed by atoms with Crippen LogP contribution in [-0.4, -0.2) is 55.0 Å². The quantitative estimate of drug-likeness (QED) is 0.606. The molecule has 0 saturated carbocycles. The standard InChI is InChI=1S/C22H30N2O4/c1-4-24(5-2)10-11-28-20-7-6-16(13-21(20)27-3)22-17-14-19(26)18(25)12-15(17)8-9-23-22/h6-7,12-14,22-23,25-26H,4-5,8-11H2,1-3H3. The number of nitrogens with zero attached hydrogens (tertiary/aromatic N) is 1. The second kappa shape index (κ2) is 9.17. The summed E-state index contributed by atoms with van der Waals surface area (Å²) in [6.07, 6.45) is 0.809. The monoisotopic (exact) mass is 386 g/mol. The summed E-state index contributed by atoms with van der Waals surface area (Å²) in [6, 6.07) is 9.15. The van der Waals surface area contributed by atoms with Gasteiger partial charge in [-0.3, -0.25) is 0 Å². The fourth-order valence-corrected chi connectivity index (χ4v) is 3.69. The third-order valence-corrected chi connectivity index (χ3v) is 5.37. The lowest BCUT2D eigenvalue weighted by molar-refractivity contribution is 0.217. The van der Waals surface area contributed by atoms with Gasteiger partial charge in [0.15, 0.2) is 23.0 Å². The first-order valence-electron chi connectivity index (χ1n) is 9.88. The van der Waals surface area contributed by atoms with Crippen molar-refractivity contribution in [3.05, 3.63) is 47.0 Å². The maximum atomic E-state index is 9.94. The lowest BCUT2D eigenvalue weighted by Gasteiger charge is -2.28. The molecule has 1 heterocycles. The Bertz CT molecular complexity index is 805. The van der Waals surface area contributed by atoms with Gasteiger partial charge in [0, 0.05) is 13.1 Å². The lowest BCUT2D eigenvalue weighted by atomic mass is 9.89. The molecule has 1 aliphatic rings. The van der Waals surface area contributed by atoms with Crippen molar-refractivity contribution in [3.8, 4) is 23.0 Å². The van der Waals surface area contributed by atoms with Crippen molar-refractivity contribution in [1.29, 1.82) is 0 Å². The van der Waals surface area contributed by atoms with Crippen LogP contribution in [0.2, 0.25) is 0 Å². The number of ether oxygens (including phenoxy) is 2. The number of phenolic OH excluding ortho intramolecular Hbond substituents is 2. The molecular formula is C22H30N2O4. The van der Waals surface area contributed by atoms with Gasteiger partial charge in [-0.05, 0) is 60.5 Å². The number of phenols is 2. The predicted octanol–water partition coefficient (Wildman–Crippen LogP) is 3.06. The Labute approximate surface area is 166 Å². The maximum absolute atomic E-state index is 9.94. The lowest BCUT2D eigenvalue weighted by Crippen LogP contribution is -2.30. The summed E-state index contributed by atoms with van der Waals surface area (Å²) in [4.78, 5) is 2.31. The van der Waals surface area contributed by atoms with Gasteiger partial charge in [0.1, 0.15) is 6.61 Å². The van der Waals surface area contributed by atoms with Gasteiger partial charge in [0.2, 0.25) is 0 Å². The Balaban J connectivity index is 1.80. The number of rotatable bonds is 8. The Morgan fingerprint density at radius 3 is 2.54 bits per heavy atom. The molecular weight excluding hydrogens is 356 g/mol. The maximum Gasteiger partial charge on any atom is 0.161 e. The van der Waals surface area contributed by atoms with E-state index >= 15 is 0 Å². The topological polar surface area (TPSA) is 74.2 Å². The van der Waals surface area contributed by atoms with Crippen molar-refractivity contribution in [2.75, 3.05) is 39.9 Å². The normalized spacial score (nSPS) is 16.1. The van der Waals surface area contributed by atoms with E-state index in [4.69, 9.17) is 9.47 Å². The Hall–Kier alpha value is -2.44. The van der Waals surface area contributed by atoms with Crippen LogP contribution in [0.4, 0.5) is 0 Å². The highest BCUT2D eigenvalue weighted by molar-refractivity contribution is 5.52. The van der Waals surface area contributed by atoms with Crippen LogP contribution in [0.15, 0.2) is 30.3 Å². The van der Waals surface area contributed by atoms with Gasteiger partial charge >= 0.3 is 0 Å². The second-order valence-electron chi connectivity index (χ2n) is 6.96. The zero-order valence-corrected chi connectivity index (χ0v) is 16.9. The second-order valence-corrected chi connectivity index (χ2v) is 6.96. The van der Waals surface area contributed by atoms with Crippen LogP contribution >= 0.6 is 0 Å². The van der Waals surface area contributed by atoms with Crippen LogP contribution in [0.5, 0.6) is 23.0 Å². The molecule has 0 aromatic heterocycles. The summed E-state index contributed by atoms with van der Waals surface area (Å²) in [6.45, 7) is 8.58. The van der Waals surface area contributed by atoms with Gasteiger partial charge in [-0.25, -0.2) is 0 Å². The van der Waals surface area contributed by atoms with E-state index in [1.807, 2.05) is 18.2 Å². The minimum atomic E-state index is -0.101. The Morgan fingerprint density at radius 1 is 1.07 bits per heavy atom. The Morgan fingerprint density at radius 2 is 1.82 bits per heavy atom. The minimum Gasteiger partial charge on any atom is -0.504 e. The molecule has 2 aromatic rings. The van der Waals surface area contributed by atoms with Gasteiger partial charge in [-0.1, -0.05) is 19.9 Å². The fourth-order valence-electron chi connectivity index (χ4n) is 3.69. The van der Waals surface area contributed by atoms with Crippen molar-refractivity contribution in [2.24, 2.45) is 0 Å². The number of aromatic hydroxyl groups is 2. The van der Waals surface area contributed by atoms with Crippen LogP contribution in [-0.2, 0) is 6.42 Å². The predicted molar refractivity (Wildman–Crippen MR) is 110 cm³/mol. The van der Waals surface area contributed by atoms with Crippen molar-refractivity contribution in [2.45, 2.75) is 26.3 Å². The smallest absolute Gasteiger partial charge is 0.161 e. The SMILES string of the molecule is CCN(CC)CCOc1ccc(C2NCCc3cc(O)c(O)cc32)cc1OC. The van der Waals surface area contributed by atoms with Crippen molar-refractivity contribution < 1.29 is 19.7 Å². The molecule has 1 unspecified atom stereocenters. The molecule has 3 N–H and O–H groups in total. The summed E-state index contributed by atoms with van der Waals surface area (Å²) >= 11 is 0. The van der Waals surface area contributed by atoms with Crippen LogP contribution in [0.1, 0.15) is 36.6 Å². The molecule has 28 heavy (non-hydrogen) atoms. The molecule has 0 radical (unpaired) electrons. The van der Waals surface area contributed by atoms with Gasteiger partial charge in [-0.2, -0.15) is 0 Å². The van der Waals surface area contributed by atoms with E-state index in [-0.39, 0.29) is 17.5 Å². The van der Waals surface area contributed by atoms with E-state index in [2.05, 4.69) is 24.1 Å². The first kappa shape index (κ1) is 20.3. The number of hydrogen-bond acceptors (Lipinski definition) is 6. The van der Waals surface area contributed by atoms with Gasteiger partial charge in [0.25, 0.3) is 0 Å². The number of methoxy groups -OCH3 is 1. The fraction of sp³-hybridized carbons (Fsp3) is 0.455. The number of benzene rings is 2. The molecule has 0 aliphatic carbocycles. The molecule has 6 heteroatoms. The van der Waals surface area contributed by atoms with Gasteiger partial charge in [-0.15, -0.1) is 0 Å². The third-order valence-electron chi connectivity index (χ3n) is 5.37. The van der Waals surface area contributed by atoms with E-state index in [9.17, 15) is 10.2 Å². The molecule has 3 rings (SSSR count). The Kier molecular flexibility index (Phi) is 6.65.